The van der Waals surface area contributed by atoms with Gasteiger partial charge in [0.25, 0.3) is 0 Å². The van der Waals surface area contributed by atoms with Crippen molar-refractivity contribution in [3.05, 3.63) is 71.1 Å². The molecule has 0 aliphatic carbocycles. The van der Waals surface area contributed by atoms with E-state index < -0.39 is 5.82 Å². The minimum Gasteiger partial charge on any atom is -0.496 e. The minimum atomic E-state index is -0.546. The second-order valence-electron chi connectivity index (χ2n) is 7.81. The number of carbonyl (C=O) groups is 1. The van der Waals surface area contributed by atoms with Gasteiger partial charge in [-0.2, -0.15) is 0 Å². The smallest absolute Gasteiger partial charge is 0.222 e. The number of hydrogen-bond donors (Lipinski definition) is 0. The molecule has 180 valence electrons. The highest BCUT2D eigenvalue weighted by Crippen LogP contribution is 2.51. The highest BCUT2D eigenvalue weighted by molar-refractivity contribution is 8.14. The molecule has 5 nitrogen and oxygen atoms in total. The Labute approximate surface area is 203 Å². The largest absolute Gasteiger partial charge is 0.496 e. The van der Waals surface area contributed by atoms with Crippen LogP contribution in [0.2, 0.25) is 0 Å². The lowest BCUT2D eigenvalue weighted by atomic mass is 9.98. The standard InChI is InChI=1S/C27H29FO5S/c1-16(2)11-14-23(34-27(29)17-9-7-8-10-19(17)28)18-15-22(32-5)24-20(30-3)12-13-21(31-4)25(24)26(18)33-6/h7-13,15,23H,14H2,1-6H3. The molecule has 0 saturated heterocycles. The second kappa shape index (κ2) is 11.3. The first-order valence-corrected chi connectivity index (χ1v) is 11.6. The van der Waals surface area contributed by atoms with Gasteiger partial charge >= 0.3 is 0 Å². The molecule has 0 aliphatic rings. The molecule has 0 aromatic heterocycles. The predicted molar refractivity (Wildman–Crippen MR) is 135 cm³/mol. The summed E-state index contributed by atoms with van der Waals surface area (Å²) < 4.78 is 37.2. The first-order valence-electron chi connectivity index (χ1n) is 10.7. The Kier molecular flexibility index (Phi) is 8.45. The van der Waals surface area contributed by atoms with Gasteiger partial charge in [0, 0.05) is 10.8 Å². The zero-order valence-electron chi connectivity index (χ0n) is 20.2. The summed E-state index contributed by atoms with van der Waals surface area (Å²) in [5, 5.41) is 0.659. The van der Waals surface area contributed by atoms with Crippen LogP contribution in [0.3, 0.4) is 0 Å². The fraction of sp³-hybridized carbons (Fsp3) is 0.296. The van der Waals surface area contributed by atoms with Gasteiger partial charge in [0.1, 0.15) is 28.8 Å². The third-order valence-corrected chi connectivity index (χ3v) is 6.61. The summed E-state index contributed by atoms with van der Waals surface area (Å²) in [5.74, 6) is 1.75. The van der Waals surface area contributed by atoms with Crippen molar-refractivity contribution in [3.63, 3.8) is 0 Å². The number of methoxy groups -OCH3 is 4. The van der Waals surface area contributed by atoms with Crippen LogP contribution < -0.4 is 18.9 Å². The Morgan fingerprint density at radius 1 is 0.912 bits per heavy atom. The molecule has 3 rings (SSSR count). The number of halogens is 1. The van der Waals surface area contributed by atoms with Crippen molar-refractivity contribution in [1.82, 2.24) is 0 Å². The quantitative estimate of drug-likeness (QED) is 0.305. The molecule has 0 fully saturated rings. The van der Waals surface area contributed by atoms with Crippen LogP contribution in [0.25, 0.3) is 10.8 Å². The van der Waals surface area contributed by atoms with E-state index >= 15 is 0 Å². The molecule has 3 aromatic rings. The minimum absolute atomic E-state index is 0.0423. The number of thioether (sulfide) groups is 1. The Morgan fingerprint density at radius 2 is 1.53 bits per heavy atom. The van der Waals surface area contributed by atoms with E-state index in [1.165, 1.54) is 12.1 Å². The van der Waals surface area contributed by atoms with Crippen molar-refractivity contribution < 1.29 is 28.1 Å². The molecule has 0 aliphatic heterocycles. The molecule has 0 N–H and O–H groups in total. The highest BCUT2D eigenvalue weighted by Gasteiger charge is 2.27. The van der Waals surface area contributed by atoms with Gasteiger partial charge < -0.3 is 18.9 Å². The van der Waals surface area contributed by atoms with Crippen molar-refractivity contribution in [3.8, 4) is 23.0 Å². The van der Waals surface area contributed by atoms with E-state index in [1.54, 1.807) is 52.7 Å². The van der Waals surface area contributed by atoms with Crippen LogP contribution in [-0.4, -0.2) is 33.6 Å². The van der Waals surface area contributed by atoms with Crippen molar-refractivity contribution in [2.75, 3.05) is 28.4 Å². The number of ether oxygens (including phenoxy) is 4. The molecule has 0 radical (unpaired) electrons. The van der Waals surface area contributed by atoms with Crippen LogP contribution in [0, 0.1) is 5.82 Å². The van der Waals surface area contributed by atoms with Gasteiger partial charge in [0.05, 0.1) is 44.8 Å². The summed E-state index contributed by atoms with van der Waals surface area (Å²) in [4.78, 5) is 13.1. The third-order valence-electron chi connectivity index (χ3n) is 5.45. The van der Waals surface area contributed by atoms with E-state index in [2.05, 4.69) is 0 Å². The molecule has 3 aromatic carbocycles. The molecule has 7 heteroatoms. The first-order chi connectivity index (χ1) is 16.4. The zero-order valence-corrected chi connectivity index (χ0v) is 21.0. The fourth-order valence-corrected chi connectivity index (χ4v) is 4.86. The zero-order chi connectivity index (χ0) is 24.8. The monoisotopic (exact) mass is 484 g/mol. The SMILES string of the molecule is COc1ccc(OC)c2c(OC)c(C(CC=C(C)C)SC(=O)c3ccccc3F)cc(OC)c12. The predicted octanol–water partition coefficient (Wildman–Crippen LogP) is 6.98. The Bertz CT molecular complexity index is 1220. The van der Waals surface area contributed by atoms with Gasteiger partial charge in [-0.05, 0) is 50.6 Å². The number of allylic oxidation sites excluding steroid dienone is 2. The van der Waals surface area contributed by atoms with Crippen molar-refractivity contribution in [2.24, 2.45) is 0 Å². The molecule has 0 amide bonds. The van der Waals surface area contributed by atoms with Gasteiger partial charge in [-0.15, -0.1) is 0 Å². The number of carbonyl (C=O) groups excluding carboxylic acids is 1. The topological polar surface area (TPSA) is 54.0 Å². The maximum Gasteiger partial charge on any atom is 0.222 e. The van der Waals surface area contributed by atoms with E-state index in [9.17, 15) is 9.18 Å². The van der Waals surface area contributed by atoms with Crippen molar-refractivity contribution in [1.29, 1.82) is 0 Å². The van der Waals surface area contributed by atoms with Crippen LogP contribution in [0.15, 0.2) is 54.1 Å². The van der Waals surface area contributed by atoms with E-state index in [0.29, 0.717) is 40.2 Å². The lowest BCUT2D eigenvalue weighted by Gasteiger charge is -2.23. The molecule has 0 heterocycles. The summed E-state index contributed by atoms with van der Waals surface area (Å²) in [6, 6.07) is 11.5. The Morgan fingerprint density at radius 3 is 2.09 bits per heavy atom. The summed E-state index contributed by atoms with van der Waals surface area (Å²) in [5.41, 5.74) is 1.89. The molecule has 34 heavy (non-hydrogen) atoms. The molecular formula is C27H29FO5S. The van der Waals surface area contributed by atoms with Crippen LogP contribution in [-0.2, 0) is 0 Å². The molecule has 0 saturated carbocycles. The van der Waals surface area contributed by atoms with Crippen LogP contribution in [0.1, 0.15) is 41.4 Å². The van der Waals surface area contributed by atoms with E-state index in [0.717, 1.165) is 22.9 Å². The molecule has 1 atom stereocenters. The normalized spacial score (nSPS) is 11.6. The number of benzene rings is 3. The van der Waals surface area contributed by atoms with Crippen molar-refractivity contribution >= 4 is 27.6 Å². The maximum atomic E-state index is 14.3. The van der Waals surface area contributed by atoms with E-state index in [4.69, 9.17) is 18.9 Å². The average Bonchev–Trinajstić information content (AvgIpc) is 2.84. The molecular weight excluding hydrogens is 455 g/mol. The summed E-state index contributed by atoms with van der Waals surface area (Å²) in [7, 11) is 6.32. The van der Waals surface area contributed by atoms with E-state index in [-0.39, 0.29) is 15.9 Å². The lowest BCUT2D eigenvalue weighted by Crippen LogP contribution is -2.06. The number of fused-ring (bicyclic) bond motifs is 1. The van der Waals surface area contributed by atoms with E-state index in [1.807, 2.05) is 26.0 Å². The fourth-order valence-electron chi connectivity index (χ4n) is 3.82. The van der Waals surface area contributed by atoms with Gasteiger partial charge in [-0.25, -0.2) is 4.39 Å². The summed E-state index contributed by atoms with van der Waals surface area (Å²) in [6.07, 6.45) is 2.58. The van der Waals surface area contributed by atoms with Crippen molar-refractivity contribution in [2.45, 2.75) is 25.5 Å². The lowest BCUT2D eigenvalue weighted by molar-refractivity contribution is 0.108. The van der Waals surface area contributed by atoms with Gasteiger partial charge in [0.15, 0.2) is 0 Å². The maximum absolute atomic E-state index is 14.3. The molecule has 0 spiro atoms. The molecule has 0 bridgehead atoms. The summed E-state index contributed by atoms with van der Waals surface area (Å²) in [6.45, 7) is 3.99. The molecule has 1 unspecified atom stereocenters. The first kappa shape index (κ1) is 25.4. The Hall–Kier alpha value is -3.19. The van der Waals surface area contributed by atoms with Crippen LogP contribution in [0.5, 0.6) is 23.0 Å². The van der Waals surface area contributed by atoms with Gasteiger partial charge in [-0.1, -0.05) is 35.5 Å². The third kappa shape index (κ3) is 5.14. The number of hydrogen-bond acceptors (Lipinski definition) is 6. The summed E-state index contributed by atoms with van der Waals surface area (Å²) >= 11 is 1.06. The van der Waals surface area contributed by atoms with Crippen LogP contribution >= 0.6 is 11.8 Å². The second-order valence-corrected chi connectivity index (χ2v) is 8.99. The van der Waals surface area contributed by atoms with Crippen LogP contribution in [0.4, 0.5) is 4.39 Å². The van der Waals surface area contributed by atoms with Gasteiger partial charge in [0.2, 0.25) is 5.12 Å². The average molecular weight is 485 g/mol. The Balaban J connectivity index is 2.26. The number of rotatable bonds is 9. The highest BCUT2D eigenvalue weighted by atomic mass is 32.2. The van der Waals surface area contributed by atoms with Gasteiger partial charge in [-0.3, -0.25) is 4.79 Å².